The summed E-state index contributed by atoms with van der Waals surface area (Å²) in [5.74, 6) is 0.305. The molecule has 1 atom stereocenters. The summed E-state index contributed by atoms with van der Waals surface area (Å²) in [5, 5.41) is 3.47. The molecule has 1 unspecified atom stereocenters. The molecule has 1 saturated heterocycles. The summed E-state index contributed by atoms with van der Waals surface area (Å²) in [6, 6.07) is 4.48. The van der Waals surface area contributed by atoms with Crippen LogP contribution < -0.4 is 10.1 Å². The zero-order valence-electron chi connectivity index (χ0n) is 17.0. The Morgan fingerprint density at radius 3 is 2.39 bits per heavy atom. The maximum Gasteiger partial charge on any atom is 0.419 e. The van der Waals surface area contributed by atoms with E-state index in [0.29, 0.717) is 17.2 Å². The van der Waals surface area contributed by atoms with Crippen molar-refractivity contribution in [2.24, 2.45) is 10.9 Å². The fourth-order valence-electron chi connectivity index (χ4n) is 3.53. The van der Waals surface area contributed by atoms with E-state index >= 15 is 0 Å². The van der Waals surface area contributed by atoms with Gasteiger partial charge in [0.2, 0.25) is 0 Å². The van der Waals surface area contributed by atoms with Crippen LogP contribution in [0.1, 0.15) is 64.5 Å². The molecule has 1 aromatic carbocycles. The highest BCUT2D eigenvalue weighted by Crippen LogP contribution is 2.40. The lowest BCUT2D eigenvalue weighted by molar-refractivity contribution is -0.139. The van der Waals surface area contributed by atoms with Gasteiger partial charge in [0.25, 0.3) is 0 Å². The summed E-state index contributed by atoms with van der Waals surface area (Å²) in [4.78, 5) is 4.84. The number of nitrogens with one attached hydrogen (secondary N) is 1. The average molecular weight is 394 g/mol. The van der Waals surface area contributed by atoms with Gasteiger partial charge in [-0.1, -0.05) is 6.08 Å². The molecule has 0 spiro atoms. The van der Waals surface area contributed by atoms with Crippen LogP contribution in [0.4, 0.5) is 13.2 Å². The van der Waals surface area contributed by atoms with Crippen LogP contribution in [0.3, 0.4) is 0 Å². The minimum Gasteiger partial charge on any atom is -0.488 e. The normalized spacial score (nSPS) is 21.9. The highest BCUT2D eigenvalue weighted by Gasteiger charge is 2.37. The van der Waals surface area contributed by atoms with Crippen molar-refractivity contribution in [3.05, 3.63) is 35.4 Å². The van der Waals surface area contributed by atoms with Crippen molar-refractivity contribution in [1.82, 2.24) is 5.32 Å². The van der Waals surface area contributed by atoms with Gasteiger partial charge in [-0.15, -0.1) is 0 Å². The Kier molecular flexibility index (Phi) is 5.89. The lowest BCUT2D eigenvalue weighted by Gasteiger charge is -2.24. The zero-order valence-corrected chi connectivity index (χ0v) is 17.0. The van der Waals surface area contributed by atoms with Crippen molar-refractivity contribution in [3.8, 4) is 5.75 Å². The second kappa shape index (κ2) is 7.90. The zero-order chi connectivity index (χ0) is 20.5. The molecule has 0 amide bonds. The highest BCUT2D eigenvalue weighted by atomic mass is 19.4. The number of allylic oxidation sites excluding steroid dienone is 1. The van der Waals surface area contributed by atoms with Gasteiger partial charge in [-0.2, -0.15) is 13.2 Å². The van der Waals surface area contributed by atoms with E-state index in [1.165, 1.54) is 6.07 Å². The summed E-state index contributed by atoms with van der Waals surface area (Å²) in [6.07, 6.45) is 1.67. The molecule has 6 heteroatoms. The number of hydrogen-bond donors (Lipinski definition) is 1. The molecular weight excluding hydrogens is 365 g/mol. The van der Waals surface area contributed by atoms with Crippen molar-refractivity contribution in [3.63, 3.8) is 0 Å². The molecule has 28 heavy (non-hydrogen) atoms. The van der Waals surface area contributed by atoms with Crippen molar-refractivity contribution in [2.45, 2.75) is 71.2 Å². The molecule has 1 saturated carbocycles. The fourth-order valence-corrected chi connectivity index (χ4v) is 3.53. The van der Waals surface area contributed by atoms with Crippen LogP contribution in [-0.4, -0.2) is 23.9 Å². The van der Waals surface area contributed by atoms with E-state index in [2.05, 4.69) is 5.32 Å². The lowest BCUT2D eigenvalue weighted by Crippen LogP contribution is -2.32. The number of alkyl halides is 3. The minimum atomic E-state index is -4.49. The molecule has 2 fully saturated rings. The molecule has 1 aromatic rings. The third kappa shape index (κ3) is 5.16. The van der Waals surface area contributed by atoms with Crippen LogP contribution in [0.15, 0.2) is 29.3 Å². The van der Waals surface area contributed by atoms with Crippen LogP contribution in [0.2, 0.25) is 0 Å². The topological polar surface area (TPSA) is 33.6 Å². The van der Waals surface area contributed by atoms with E-state index in [0.717, 1.165) is 44.0 Å². The predicted molar refractivity (Wildman–Crippen MR) is 107 cm³/mol. The summed E-state index contributed by atoms with van der Waals surface area (Å²) in [6.45, 7) is 7.99. The predicted octanol–water partition coefficient (Wildman–Crippen LogP) is 5.85. The van der Waals surface area contributed by atoms with E-state index in [-0.39, 0.29) is 11.8 Å². The Balaban J connectivity index is 1.97. The number of hydrogen-bond acceptors (Lipinski definition) is 3. The molecule has 0 aromatic heterocycles. The van der Waals surface area contributed by atoms with Crippen LogP contribution in [-0.2, 0) is 6.18 Å². The summed E-state index contributed by atoms with van der Waals surface area (Å²) < 4.78 is 46.6. The number of ether oxygens (including phenoxy) is 1. The monoisotopic (exact) mass is 394 g/mol. The van der Waals surface area contributed by atoms with E-state index in [9.17, 15) is 13.2 Å². The third-order valence-electron chi connectivity index (χ3n) is 4.93. The van der Waals surface area contributed by atoms with Gasteiger partial charge in [-0.25, -0.2) is 0 Å². The van der Waals surface area contributed by atoms with Gasteiger partial charge in [-0.05, 0) is 84.0 Å². The SMILES string of the molecule is C/C=C(\N=C(C1CC1)C1CCCN1)c1ccc(OC(C)(C)C)c(C(F)(F)F)c1. The van der Waals surface area contributed by atoms with Gasteiger partial charge in [-0.3, -0.25) is 4.99 Å². The van der Waals surface area contributed by atoms with Crippen LogP contribution >= 0.6 is 0 Å². The lowest BCUT2D eigenvalue weighted by atomic mass is 10.0. The van der Waals surface area contributed by atoms with Gasteiger partial charge in [0.05, 0.1) is 11.3 Å². The van der Waals surface area contributed by atoms with Crippen molar-refractivity contribution < 1.29 is 17.9 Å². The van der Waals surface area contributed by atoms with Gasteiger partial charge < -0.3 is 10.1 Å². The molecule has 1 N–H and O–H groups in total. The molecule has 2 aliphatic rings. The first kappa shape index (κ1) is 20.9. The molecule has 3 nitrogen and oxygen atoms in total. The van der Waals surface area contributed by atoms with Gasteiger partial charge in [0.1, 0.15) is 11.4 Å². The second-order valence-electron chi connectivity index (χ2n) is 8.56. The number of nitrogens with zero attached hydrogens (tertiary/aromatic N) is 1. The largest absolute Gasteiger partial charge is 0.488 e. The molecule has 154 valence electrons. The Bertz CT molecular complexity index is 765. The Morgan fingerprint density at radius 1 is 1.18 bits per heavy atom. The Labute approximate surface area is 165 Å². The quantitative estimate of drug-likeness (QED) is 0.636. The maximum absolute atomic E-state index is 13.7. The van der Waals surface area contributed by atoms with E-state index < -0.39 is 17.3 Å². The van der Waals surface area contributed by atoms with E-state index in [1.54, 1.807) is 32.9 Å². The Hall–Kier alpha value is -1.82. The van der Waals surface area contributed by atoms with Crippen molar-refractivity contribution in [1.29, 1.82) is 0 Å². The highest BCUT2D eigenvalue weighted by molar-refractivity contribution is 5.97. The smallest absolute Gasteiger partial charge is 0.419 e. The standard InChI is InChI=1S/C22H29F3N2O/c1-5-17(27-20(14-8-9-14)18-7-6-12-26-18)15-10-11-19(28-21(2,3)4)16(13-15)22(23,24)25/h5,10-11,13-14,18,26H,6-9,12H2,1-4H3/b17-5-,27-20?. The van der Waals surface area contributed by atoms with E-state index in [1.807, 2.05) is 6.92 Å². The van der Waals surface area contributed by atoms with Gasteiger partial charge in [0, 0.05) is 17.3 Å². The summed E-state index contributed by atoms with van der Waals surface area (Å²) in [5.41, 5.74) is 0.669. The molecule has 0 radical (unpaired) electrons. The first-order valence-corrected chi connectivity index (χ1v) is 9.97. The summed E-state index contributed by atoms with van der Waals surface area (Å²) in [7, 11) is 0. The molecule has 1 heterocycles. The average Bonchev–Trinajstić information content (AvgIpc) is 3.28. The molecule has 3 rings (SSSR count). The number of halogens is 3. The van der Waals surface area contributed by atoms with Crippen LogP contribution in [0.5, 0.6) is 5.75 Å². The fraction of sp³-hybridized carbons (Fsp3) is 0.591. The molecular formula is C22H29F3N2O. The summed E-state index contributed by atoms with van der Waals surface area (Å²) >= 11 is 0. The van der Waals surface area contributed by atoms with Crippen LogP contribution in [0.25, 0.3) is 5.70 Å². The third-order valence-corrected chi connectivity index (χ3v) is 4.93. The first-order chi connectivity index (χ1) is 13.1. The van der Waals surface area contributed by atoms with Crippen molar-refractivity contribution in [2.75, 3.05) is 6.54 Å². The molecule has 1 aliphatic heterocycles. The number of rotatable bonds is 5. The number of aliphatic imine (C=N–C) groups is 1. The number of benzene rings is 1. The minimum absolute atomic E-state index is 0.150. The second-order valence-corrected chi connectivity index (χ2v) is 8.56. The maximum atomic E-state index is 13.7. The van der Waals surface area contributed by atoms with Gasteiger partial charge >= 0.3 is 6.18 Å². The van der Waals surface area contributed by atoms with Crippen molar-refractivity contribution >= 4 is 11.4 Å². The first-order valence-electron chi connectivity index (χ1n) is 9.97. The van der Waals surface area contributed by atoms with Crippen LogP contribution in [0, 0.1) is 5.92 Å². The van der Waals surface area contributed by atoms with Gasteiger partial charge in [0.15, 0.2) is 0 Å². The van der Waals surface area contributed by atoms with E-state index in [4.69, 9.17) is 9.73 Å². The Morgan fingerprint density at radius 2 is 1.89 bits per heavy atom. The molecule has 0 bridgehead atoms. The molecule has 1 aliphatic carbocycles.